The van der Waals surface area contributed by atoms with Gasteiger partial charge in [0.1, 0.15) is 11.5 Å². The summed E-state index contributed by atoms with van der Waals surface area (Å²) < 4.78 is 5.56. The van der Waals surface area contributed by atoms with E-state index in [9.17, 15) is 0 Å². The normalized spacial score (nSPS) is 13.0. The van der Waals surface area contributed by atoms with E-state index in [2.05, 4.69) is 6.92 Å². The van der Waals surface area contributed by atoms with Crippen LogP contribution in [0.15, 0.2) is 16.5 Å². The van der Waals surface area contributed by atoms with Gasteiger partial charge >= 0.3 is 0 Å². The molecule has 0 radical (unpaired) electrons. The van der Waals surface area contributed by atoms with E-state index in [0.29, 0.717) is 6.42 Å². The number of thioether (sulfide) groups is 1. The highest BCUT2D eigenvalue weighted by molar-refractivity contribution is 7.98. The first-order valence-electron chi connectivity index (χ1n) is 5.28. The summed E-state index contributed by atoms with van der Waals surface area (Å²) in [6.45, 7) is 2.25. The van der Waals surface area contributed by atoms with Crippen LogP contribution in [0.3, 0.4) is 0 Å². The van der Waals surface area contributed by atoms with E-state index in [4.69, 9.17) is 15.3 Å². The Labute approximate surface area is 95.0 Å². The molecule has 0 saturated carbocycles. The predicted molar refractivity (Wildman–Crippen MR) is 63.9 cm³/mol. The molecule has 3 N–H and O–H groups in total. The van der Waals surface area contributed by atoms with Crippen LogP contribution in [0.2, 0.25) is 0 Å². The molecule has 0 spiro atoms. The van der Waals surface area contributed by atoms with Crippen LogP contribution in [-0.4, -0.2) is 23.5 Å². The van der Waals surface area contributed by atoms with E-state index >= 15 is 0 Å². The molecule has 1 unspecified atom stereocenters. The fourth-order valence-corrected chi connectivity index (χ4v) is 2.19. The first-order valence-corrected chi connectivity index (χ1v) is 6.43. The smallest absolute Gasteiger partial charge is 0.114 e. The Balaban J connectivity index is 2.19. The number of rotatable bonds is 7. The van der Waals surface area contributed by atoms with Crippen molar-refractivity contribution in [3.8, 4) is 0 Å². The number of furan rings is 1. The fourth-order valence-electron chi connectivity index (χ4n) is 1.25. The van der Waals surface area contributed by atoms with Gasteiger partial charge < -0.3 is 15.3 Å². The monoisotopic (exact) mass is 229 g/mol. The van der Waals surface area contributed by atoms with Gasteiger partial charge in [0.2, 0.25) is 0 Å². The summed E-state index contributed by atoms with van der Waals surface area (Å²) in [4.78, 5) is 0. The Kier molecular flexibility index (Phi) is 5.83. The fraction of sp³-hybridized carbons (Fsp3) is 0.636. The molecule has 86 valence electrons. The maximum Gasteiger partial charge on any atom is 0.114 e. The van der Waals surface area contributed by atoms with Crippen LogP contribution in [-0.2, 0) is 12.2 Å². The first-order chi connectivity index (χ1) is 7.26. The Morgan fingerprint density at radius 1 is 1.47 bits per heavy atom. The Morgan fingerprint density at radius 3 is 2.80 bits per heavy atom. The summed E-state index contributed by atoms with van der Waals surface area (Å²) in [7, 11) is 0. The lowest BCUT2D eigenvalue weighted by molar-refractivity contribution is 0.279. The minimum absolute atomic E-state index is 0.0839. The van der Waals surface area contributed by atoms with E-state index in [1.807, 2.05) is 12.1 Å². The zero-order valence-electron chi connectivity index (χ0n) is 9.11. The lowest BCUT2D eigenvalue weighted by Gasteiger charge is -2.07. The zero-order valence-corrected chi connectivity index (χ0v) is 9.93. The van der Waals surface area contributed by atoms with Gasteiger partial charge in [0.15, 0.2) is 0 Å². The molecule has 1 atom stereocenters. The van der Waals surface area contributed by atoms with Gasteiger partial charge in [-0.05, 0) is 18.6 Å². The van der Waals surface area contributed by atoms with Crippen molar-refractivity contribution < 1.29 is 9.52 Å². The summed E-state index contributed by atoms with van der Waals surface area (Å²) in [5, 5.41) is 8.68. The molecule has 15 heavy (non-hydrogen) atoms. The van der Waals surface area contributed by atoms with Gasteiger partial charge in [0.25, 0.3) is 0 Å². The number of aliphatic hydroxyl groups is 1. The zero-order chi connectivity index (χ0) is 11.1. The van der Waals surface area contributed by atoms with Crippen molar-refractivity contribution in [2.75, 3.05) is 12.4 Å². The van der Waals surface area contributed by atoms with Crippen LogP contribution in [0, 0.1) is 0 Å². The number of nitrogens with two attached hydrogens (primary N) is 1. The largest absolute Gasteiger partial charge is 0.465 e. The Morgan fingerprint density at radius 2 is 2.20 bits per heavy atom. The topological polar surface area (TPSA) is 59.4 Å². The van der Waals surface area contributed by atoms with Crippen LogP contribution in [0.5, 0.6) is 0 Å². The molecular weight excluding hydrogens is 210 g/mol. The highest BCUT2D eigenvalue weighted by Gasteiger charge is 2.04. The van der Waals surface area contributed by atoms with Crippen LogP contribution >= 0.6 is 11.8 Å². The summed E-state index contributed by atoms with van der Waals surface area (Å²) in [6.07, 6.45) is 1.61. The average molecular weight is 229 g/mol. The Hall–Kier alpha value is -0.450. The van der Waals surface area contributed by atoms with Gasteiger partial charge in [0.05, 0.1) is 5.75 Å². The van der Waals surface area contributed by atoms with E-state index in [0.717, 1.165) is 29.4 Å². The molecule has 0 saturated heterocycles. The molecule has 0 aromatic carbocycles. The lowest BCUT2D eigenvalue weighted by Crippen LogP contribution is -2.23. The van der Waals surface area contributed by atoms with E-state index in [1.165, 1.54) is 0 Å². The summed E-state index contributed by atoms with van der Waals surface area (Å²) in [5.74, 6) is 3.76. The number of hydrogen-bond donors (Lipinski definition) is 2. The van der Waals surface area contributed by atoms with Gasteiger partial charge in [-0.1, -0.05) is 6.92 Å². The molecule has 0 bridgehead atoms. The molecule has 4 heteroatoms. The molecular formula is C11H19NO2S. The minimum atomic E-state index is 0.0839. The Bertz CT molecular complexity index is 275. The highest BCUT2D eigenvalue weighted by Crippen LogP contribution is 2.16. The predicted octanol–water partition coefficient (Wildman–Crippen LogP) is 1.78. The minimum Gasteiger partial charge on any atom is -0.465 e. The van der Waals surface area contributed by atoms with Crippen molar-refractivity contribution in [2.24, 2.45) is 5.73 Å². The summed E-state index contributed by atoms with van der Waals surface area (Å²) in [5.41, 5.74) is 5.77. The van der Waals surface area contributed by atoms with Crippen LogP contribution < -0.4 is 5.73 Å². The van der Waals surface area contributed by atoms with E-state index in [1.54, 1.807) is 11.8 Å². The molecule has 0 aliphatic carbocycles. The number of hydrogen-bond acceptors (Lipinski definition) is 4. The van der Waals surface area contributed by atoms with Gasteiger partial charge in [-0.3, -0.25) is 0 Å². The van der Waals surface area contributed by atoms with Crippen LogP contribution in [0.1, 0.15) is 24.9 Å². The van der Waals surface area contributed by atoms with E-state index in [-0.39, 0.29) is 12.6 Å². The standard InChI is InChI=1S/C11H19NO2S/c1-2-10-3-4-11(14-10)8-15-7-9(12)5-6-13/h3-4,9,13H,2,5-8,12H2,1H3. The maximum atomic E-state index is 8.68. The van der Waals surface area contributed by atoms with Crippen molar-refractivity contribution in [1.29, 1.82) is 0 Å². The molecule has 1 heterocycles. The molecule has 0 amide bonds. The third kappa shape index (κ3) is 4.73. The molecule has 1 aromatic rings. The second-order valence-corrected chi connectivity index (χ2v) is 4.54. The molecule has 1 aromatic heterocycles. The van der Waals surface area contributed by atoms with E-state index < -0.39 is 0 Å². The van der Waals surface area contributed by atoms with Crippen molar-refractivity contribution in [3.05, 3.63) is 23.7 Å². The molecule has 0 aliphatic rings. The van der Waals surface area contributed by atoms with Crippen molar-refractivity contribution in [2.45, 2.75) is 31.6 Å². The lowest BCUT2D eigenvalue weighted by atomic mass is 10.3. The molecule has 3 nitrogen and oxygen atoms in total. The summed E-state index contributed by atoms with van der Waals surface area (Å²) >= 11 is 1.75. The third-order valence-corrected chi connectivity index (χ3v) is 3.29. The second kappa shape index (κ2) is 6.93. The van der Waals surface area contributed by atoms with Crippen LogP contribution in [0.25, 0.3) is 0 Å². The molecule has 0 aliphatic heterocycles. The second-order valence-electron chi connectivity index (χ2n) is 3.51. The molecule has 0 fully saturated rings. The summed E-state index contributed by atoms with van der Waals surface area (Å²) in [6, 6.07) is 4.12. The van der Waals surface area contributed by atoms with Gasteiger partial charge in [-0.25, -0.2) is 0 Å². The molecule has 1 rings (SSSR count). The number of aryl methyl sites for hydroxylation is 1. The van der Waals surface area contributed by atoms with Crippen molar-refractivity contribution in [3.63, 3.8) is 0 Å². The van der Waals surface area contributed by atoms with Crippen molar-refractivity contribution >= 4 is 11.8 Å². The van der Waals surface area contributed by atoms with Gasteiger partial charge in [0, 0.05) is 24.8 Å². The highest BCUT2D eigenvalue weighted by atomic mass is 32.2. The van der Waals surface area contributed by atoms with Crippen molar-refractivity contribution in [1.82, 2.24) is 0 Å². The maximum absolute atomic E-state index is 8.68. The first kappa shape index (κ1) is 12.6. The third-order valence-electron chi connectivity index (χ3n) is 2.14. The SMILES string of the molecule is CCc1ccc(CSCC(N)CCO)o1. The average Bonchev–Trinajstić information content (AvgIpc) is 2.66. The number of aliphatic hydroxyl groups excluding tert-OH is 1. The van der Waals surface area contributed by atoms with Crippen LogP contribution in [0.4, 0.5) is 0 Å². The quantitative estimate of drug-likeness (QED) is 0.748. The van der Waals surface area contributed by atoms with Gasteiger partial charge in [-0.15, -0.1) is 0 Å². The van der Waals surface area contributed by atoms with Gasteiger partial charge in [-0.2, -0.15) is 11.8 Å².